The molecular formula is C20H21N3O2S. The van der Waals surface area contributed by atoms with Crippen molar-refractivity contribution in [3.05, 3.63) is 53.6 Å². The van der Waals surface area contributed by atoms with Gasteiger partial charge in [0.15, 0.2) is 0 Å². The molecule has 2 aromatic carbocycles. The normalized spacial score (nSPS) is 10.6. The van der Waals surface area contributed by atoms with Crippen LogP contribution < -0.4 is 15.2 Å². The summed E-state index contributed by atoms with van der Waals surface area (Å²) in [6.45, 7) is 4.12. The monoisotopic (exact) mass is 367 g/mol. The van der Waals surface area contributed by atoms with Crippen molar-refractivity contribution in [1.29, 1.82) is 0 Å². The van der Waals surface area contributed by atoms with Gasteiger partial charge in [-0.3, -0.25) is 0 Å². The van der Waals surface area contributed by atoms with Crippen LogP contribution in [0.4, 0.5) is 5.95 Å². The number of aromatic nitrogens is 2. The second-order valence-corrected chi connectivity index (χ2v) is 6.95. The van der Waals surface area contributed by atoms with Gasteiger partial charge in [-0.05, 0) is 49.7 Å². The van der Waals surface area contributed by atoms with Crippen LogP contribution in [-0.2, 0) is 0 Å². The van der Waals surface area contributed by atoms with E-state index in [2.05, 4.69) is 42.0 Å². The summed E-state index contributed by atoms with van der Waals surface area (Å²) in [5, 5.41) is 0.750. The van der Waals surface area contributed by atoms with E-state index >= 15 is 0 Å². The Labute approximate surface area is 157 Å². The van der Waals surface area contributed by atoms with Crippen molar-refractivity contribution in [2.24, 2.45) is 0 Å². The van der Waals surface area contributed by atoms with Crippen molar-refractivity contribution >= 4 is 17.7 Å². The molecule has 134 valence electrons. The molecule has 0 amide bonds. The summed E-state index contributed by atoms with van der Waals surface area (Å²) >= 11 is 1.47. The van der Waals surface area contributed by atoms with E-state index < -0.39 is 0 Å². The molecular weight excluding hydrogens is 346 g/mol. The number of hydrogen-bond donors (Lipinski definition) is 1. The minimum Gasteiger partial charge on any atom is -0.497 e. The molecule has 1 aromatic heterocycles. The Hall–Kier alpha value is -2.73. The van der Waals surface area contributed by atoms with Crippen molar-refractivity contribution < 1.29 is 9.47 Å². The van der Waals surface area contributed by atoms with Gasteiger partial charge in [0.2, 0.25) is 5.95 Å². The molecule has 0 unspecified atom stereocenters. The predicted octanol–water partition coefficient (Wildman–Crippen LogP) is 4.51. The molecule has 0 radical (unpaired) electrons. The molecule has 0 aliphatic heterocycles. The predicted molar refractivity (Wildman–Crippen MR) is 105 cm³/mol. The molecule has 3 rings (SSSR count). The highest BCUT2D eigenvalue weighted by molar-refractivity contribution is 7.99. The minimum atomic E-state index is 0.243. The second kappa shape index (κ2) is 7.66. The summed E-state index contributed by atoms with van der Waals surface area (Å²) in [5.41, 5.74) is 10.2. The van der Waals surface area contributed by atoms with Crippen LogP contribution in [0.3, 0.4) is 0 Å². The van der Waals surface area contributed by atoms with Gasteiger partial charge in [0, 0.05) is 5.56 Å². The first kappa shape index (κ1) is 18.1. The summed E-state index contributed by atoms with van der Waals surface area (Å²) in [4.78, 5) is 9.69. The summed E-state index contributed by atoms with van der Waals surface area (Å²) in [6.07, 6.45) is 0. The second-order valence-electron chi connectivity index (χ2n) is 5.89. The number of anilines is 1. The van der Waals surface area contributed by atoms with E-state index in [1.165, 1.54) is 17.3 Å². The third kappa shape index (κ3) is 3.91. The zero-order chi connectivity index (χ0) is 18.7. The van der Waals surface area contributed by atoms with Gasteiger partial charge in [-0.1, -0.05) is 29.5 Å². The Morgan fingerprint density at radius 3 is 2.46 bits per heavy atom. The molecule has 0 aliphatic carbocycles. The van der Waals surface area contributed by atoms with Crippen molar-refractivity contribution in [3.63, 3.8) is 0 Å². The molecule has 2 N–H and O–H groups in total. The fourth-order valence-electron chi connectivity index (χ4n) is 2.62. The molecule has 0 spiro atoms. The van der Waals surface area contributed by atoms with Gasteiger partial charge < -0.3 is 15.2 Å². The number of methoxy groups -OCH3 is 2. The fraction of sp³-hybridized carbons (Fsp3) is 0.200. The number of benzene rings is 2. The van der Waals surface area contributed by atoms with E-state index in [0.29, 0.717) is 0 Å². The number of nitrogens with zero attached hydrogens (tertiary/aromatic N) is 2. The van der Waals surface area contributed by atoms with Crippen molar-refractivity contribution in [2.75, 3.05) is 20.0 Å². The molecule has 1 heterocycles. The van der Waals surface area contributed by atoms with Crippen LogP contribution in [0.1, 0.15) is 11.1 Å². The molecule has 0 saturated carbocycles. The summed E-state index contributed by atoms with van der Waals surface area (Å²) in [5.74, 6) is 1.75. The molecule has 0 saturated heterocycles. The first-order valence-electron chi connectivity index (χ1n) is 8.12. The lowest BCUT2D eigenvalue weighted by atomic mass is 10.0. The third-order valence-electron chi connectivity index (χ3n) is 3.97. The van der Waals surface area contributed by atoms with Gasteiger partial charge >= 0.3 is 0 Å². The van der Waals surface area contributed by atoms with Crippen molar-refractivity contribution in [2.45, 2.75) is 23.8 Å². The highest BCUT2D eigenvalue weighted by Crippen LogP contribution is 2.38. The van der Waals surface area contributed by atoms with Gasteiger partial charge in [-0.2, -0.15) is 0 Å². The Balaban J connectivity index is 2.02. The van der Waals surface area contributed by atoms with E-state index in [1.807, 2.05) is 24.3 Å². The molecule has 0 fully saturated rings. The smallest absolute Gasteiger partial charge is 0.221 e. The van der Waals surface area contributed by atoms with Crippen LogP contribution in [-0.4, -0.2) is 24.2 Å². The van der Waals surface area contributed by atoms with Crippen LogP contribution in [0.2, 0.25) is 0 Å². The number of hydrogen-bond acceptors (Lipinski definition) is 6. The number of rotatable bonds is 5. The Morgan fingerprint density at radius 2 is 1.73 bits per heavy atom. The highest BCUT2D eigenvalue weighted by atomic mass is 32.2. The van der Waals surface area contributed by atoms with Gasteiger partial charge in [0.25, 0.3) is 0 Å². The van der Waals surface area contributed by atoms with E-state index in [-0.39, 0.29) is 5.95 Å². The number of aryl methyl sites for hydroxylation is 2. The van der Waals surface area contributed by atoms with Crippen LogP contribution in [0.5, 0.6) is 11.5 Å². The molecule has 26 heavy (non-hydrogen) atoms. The highest BCUT2D eigenvalue weighted by Gasteiger charge is 2.12. The summed E-state index contributed by atoms with van der Waals surface area (Å²) in [7, 11) is 3.28. The van der Waals surface area contributed by atoms with Crippen molar-refractivity contribution in [1.82, 2.24) is 9.97 Å². The first-order chi connectivity index (χ1) is 12.5. The third-order valence-corrected chi connectivity index (χ3v) is 4.93. The largest absolute Gasteiger partial charge is 0.497 e. The molecule has 5 nitrogen and oxygen atoms in total. The molecule has 3 aromatic rings. The maximum absolute atomic E-state index is 5.97. The molecule has 6 heteroatoms. The SMILES string of the molecule is COc1ccc(OC)c(Sc2cc(-c3cc(C)ccc3C)nc(N)n2)c1. The Kier molecular flexibility index (Phi) is 5.32. The van der Waals surface area contributed by atoms with E-state index in [4.69, 9.17) is 15.2 Å². The molecule has 0 bridgehead atoms. The Bertz CT molecular complexity index is 944. The fourth-order valence-corrected chi connectivity index (χ4v) is 3.58. The first-order valence-corrected chi connectivity index (χ1v) is 8.94. The van der Waals surface area contributed by atoms with Crippen LogP contribution in [0, 0.1) is 13.8 Å². The molecule has 0 atom stereocenters. The average molecular weight is 367 g/mol. The maximum atomic E-state index is 5.97. The number of nitrogens with two attached hydrogens (primary N) is 1. The zero-order valence-corrected chi connectivity index (χ0v) is 16.1. The van der Waals surface area contributed by atoms with Crippen LogP contribution in [0.25, 0.3) is 11.3 Å². The van der Waals surface area contributed by atoms with E-state index in [1.54, 1.807) is 14.2 Å². The number of nitrogen functional groups attached to an aromatic ring is 1. The van der Waals surface area contributed by atoms with Gasteiger partial charge in [0.05, 0.1) is 24.8 Å². The number of ether oxygens (including phenoxy) is 2. The standard InChI is InChI=1S/C20H21N3O2S/c1-12-5-6-13(2)15(9-12)16-11-19(23-20(21)22-16)26-18-10-14(24-3)7-8-17(18)25-4/h5-11H,1-4H3,(H2,21,22,23). The maximum Gasteiger partial charge on any atom is 0.221 e. The lowest BCUT2D eigenvalue weighted by molar-refractivity contribution is 0.394. The summed E-state index contributed by atoms with van der Waals surface area (Å²) in [6, 6.07) is 13.9. The zero-order valence-electron chi connectivity index (χ0n) is 15.2. The van der Waals surface area contributed by atoms with Gasteiger partial charge in [0.1, 0.15) is 16.5 Å². The van der Waals surface area contributed by atoms with Crippen molar-refractivity contribution in [3.8, 4) is 22.8 Å². The van der Waals surface area contributed by atoms with Gasteiger partial charge in [-0.25, -0.2) is 9.97 Å². The lowest BCUT2D eigenvalue weighted by Gasteiger charge is -2.12. The summed E-state index contributed by atoms with van der Waals surface area (Å²) < 4.78 is 10.8. The van der Waals surface area contributed by atoms with Crippen LogP contribution >= 0.6 is 11.8 Å². The average Bonchev–Trinajstić information content (AvgIpc) is 2.63. The lowest BCUT2D eigenvalue weighted by Crippen LogP contribution is -1.99. The molecule has 0 aliphatic rings. The Morgan fingerprint density at radius 1 is 0.923 bits per heavy atom. The topological polar surface area (TPSA) is 70.3 Å². The van der Waals surface area contributed by atoms with E-state index in [9.17, 15) is 0 Å². The van der Waals surface area contributed by atoms with Gasteiger partial charge in [-0.15, -0.1) is 0 Å². The van der Waals surface area contributed by atoms with E-state index in [0.717, 1.165) is 38.2 Å². The quantitative estimate of drug-likeness (QED) is 0.669. The minimum absolute atomic E-state index is 0.243. The van der Waals surface area contributed by atoms with Crippen LogP contribution in [0.15, 0.2) is 52.4 Å².